The number of nitrogens with zero attached hydrogens (tertiary/aromatic N) is 3. The number of aryl methyl sites for hydroxylation is 1. The second-order valence-corrected chi connectivity index (χ2v) is 11.8. The number of aromatic hydroxyl groups is 1. The summed E-state index contributed by atoms with van der Waals surface area (Å²) in [4.78, 5) is 12.5. The van der Waals surface area contributed by atoms with Crippen molar-refractivity contribution in [1.82, 2.24) is 20.1 Å². The molecule has 1 heterocycles. The van der Waals surface area contributed by atoms with Crippen LogP contribution in [0, 0.1) is 11.6 Å². The van der Waals surface area contributed by atoms with E-state index < -0.39 is 0 Å². The Morgan fingerprint density at radius 3 is 2.36 bits per heavy atom. The van der Waals surface area contributed by atoms with Gasteiger partial charge >= 0.3 is 0 Å². The van der Waals surface area contributed by atoms with Crippen molar-refractivity contribution in [2.45, 2.75) is 55.5 Å². The van der Waals surface area contributed by atoms with Crippen LogP contribution in [0.3, 0.4) is 0 Å². The summed E-state index contributed by atoms with van der Waals surface area (Å²) in [5.41, 5.74) is 3.04. The number of hydrogen-bond donors (Lipinski definition) is 2. The number of phenols is 1. The van der Waals surface area contributed by atoms with Gasteiger partial charge in [0.1, 0.15) is 23.2 Å². The van der Waals surface area contributed by atoms with Crippen LogP contribution in [0.25, 0.3) is 0 Å². The Morgan fingerprint density at radius 1 is 0.844 bits per heavy atom. The van der Waals surface area contributed by atoms with E-state index in [1.54, 1.807) is 42.5 Å². The van der Waals surface area contributed by atoms with Crippen LogP contribution in [0.2, 0.25) is 0 Å². The number of hydrogen-bond acceptors (Lipinski definition) is 5. The van der Waals surface area contributed by atoms with Gasteiger partial charge in [0.05, 0.1) is 5.56 Å². The Bertz CT molecular complexity index is 1680. The van der Waals surface area contributed by atoms with Crippen molar-refractivity contribution in [3.63, 3.8) is 0 Å². The quantitative estimate of drug-likeness (QED) is 0.0919. The average Bonchev–Trinajstić information content (AvgIpc) is 3.46. The molecule has 0 bridgehead atoms. The summed E-state index contributed by atoms with van der Waals surface area (Å²) in [5, 5.41) is 22.9. The van der Waals surface area contributed by atoms with E-state index in [1.807, 2.05) is 24.3 Å². The number of benzene rings is 4. The Morgan fingerprint density at radius 2 is 1.58 bits per heavy atom. The zero-order chi connectivity index (χ0) is 31.4. The molecule has 1 unspecified atom stereocenters. The van der Waals surface area contributed by atoms with E-state index in [4.69, 9.17) is 0 Å². The third kappa shape index (κ3) is 9.01. The number of carbonyl (C=O) groups excluding carboxylic acids is 1. The number of carbonyl (C=O) groups is 1. The van der Waals surface area contributed by atoms with Gasteiger partial charge in [0.15, 0.2) is 5.16 Å². The number of thioether (sulfide) groups is 1. The van der Waals surface area contributed by atoms with E-state index in [1.165, 1.54) is 41.6 Å². The summed E-state index contributed by atoms with van der Waals surface area (Å²) >= 11 is 1.46. The number of nitrogens with one attached hydrogen (secondary N) is 1. The van der Waals surface area contributed by atoms with Crippen LogP contribution in [0.15, 0.2) is 108 Å². The zero-order valence-corrected chi connectivity index (χ0v) is 25.7. The predicted octanol–water partition coefficient (Wildman–Crippen LogP) is 7.72. The molecule has 1 aromatic heterocycles. The second-order valence-electron chi connectivity index (χ2n) is 10.9. The summed E-state index contributed by atoms with van der Waals surface area (Å²) in [6, 6.07) is 30.0. The van der Waals surface area contributed by atoms with Crippen molar-refractivity contribution in [3.8, 4) is 5.75 Å². The minimum Gasteiger partial charge on any atom is -0.507 e. The molecular weight excluding hydrogens is 590 g/mol. The second kappa shape index (κ2) is 16.0. The van der Waals surface area contributed by atoms with Gasteiger partial charge in [-0.05, 0) is 72.7 Å². The molecule has 4 aromatic carbocycles. The molecule has 9 heteroatoms. The molecule has 0 radical (unpaired) electrons. The van der Waals surface area contributed by atoms with Crippen LogP contribution >= 0.6 is 11.8 Å². The van der Waals surface area contributed by atoms with Gasteiger partial charge in [-0.1, -0.05) is 91.0 Å². The van der Waals surface area contributed by atoms with Crippen LogP contribution < -0.4 is 5.32 Å². The first-order chi connectivity index (χ1) is 22.0. The van der Waals surface area contributed by atoms with Gasteiger partial charge in [-0.25, -0.2) is 8.78 Å². The summed E-state index contributed by atoms with van der Waals surface area (Å²) in [7, 11) is 0. The molecule has 0 fully saturated rings. The van der Waals surface area contributed by atoms with Crippen LogP contribution in [0.1, 0.15) is 58.1 Å². The van der Waals surface area contributed by atoms with Crippen molar-refractivity contribution < 1.29 is 18.7 Å². The maximum atomic E-state index is 14.4. The molecular formula is C36H36F2N4O2S. The Labute approximate surface area is 266 Å². The van der Waals surface area contributed by atoms with Gasteiger partial charge in [0, 0.05) is 24.8 Å². The van der Waals surface area contributed by atoms with E-state index in [0.717, 1.165) is 42.2 Å². The van der Waals surface area contributed by atoms with Gasteiger partial charge in [0.2, 0.25) is 0 Å². The van der Waals surface area contributed by atoms with E-state index in [-0.39, 0.29) is 34.8 Å². The molecule has 0 aliphatic carbocycles. The maximum absolute atomic E-state index is 14.4. The van der Waals surface area contributed by atoms with E-state index >= 15 is 0 Å². The van der Waals surface area contributed by atoms with E-state index in [9.17, 15) is 18.7 Å². The van der Waals surface area contributed by atoms with Crippen LogP contribution in [-0.2, 0) is 25.1 Å². The van der Waals surface area contributed by atoms with Crippen molar-refractivity contribution in [2.75, 3.05) is 6.54 Å². The highest BCUT2D eigenvalue weighted by Gasteiger charge is 2.23. The maximum Gasteiger partial charge on any atom is 0.255 e. The van der Waals surface area contributed by atoms with Crippen LogP contribution in [0.4, 0.5) is 8.78 Å². The lowest BCUT2D eigenvalue weighted by atomic mass is 9.93. The molecule has 45 heavy (non-hydrogen) atoms. The highest BCUT2D eigenvalue weighted by Crippen LogP contribution is 2.31. The molecule has 0 saturated carbocycles. The van der Waals surface area contributed by atoms with Crippen LogP contribution in [-0.4, -0.2) is 32.3 Å². The Kier molecular flexibility index (Phi) is 11.3. The molecule has 0 aliphatic rings. The summed E-state index contributed by atoms with van der Waals surface area (Å²) in [6.07, 6.45) is 3.72. The number of phenolic OH excluding ortho intramolecular Hbond substituents is 1. The molecule has 1 atom stereocenters. The number of aromatic nitrogens is 3. The third-order valence-electron chi connectivity index (χ3n) is 7.70. The van der Waals surface area contributed by atoms with Gasteiger partial charge in [-0.3, -0.25) is 4.79 Å². The minimum atomic E-state index is -0.312. The number of unbranched alkanes of at least 4 members (excludes halogenated alkanes) is 1. The lowest BCUT2D eigenvalue weighted by Gasteiger charge is -2.19. The highest BCUT2D eigenvalue weighted by molar-refractivity contribution is 7.98. The van der Waals surface area contributed by atoms with Gasteiger partial charge in [0.25, 0.3) is 5.91 Å². The highest BCUT2D eigenvalue weighted by atomic mass is 32.2. The molecule has 5 aromatic rings. The van der Waals surface area contributed by atoms with E-state index in [0.29, 0.717) is 30.8 Å². The first kappa shape index (κ1) is 31.9. The van der Waals surface area contributed by atoms with Crippen molar-refractivity contribution in [2.24, 2.45) is 0 Å². The largest absolute Gasteiger partial charge is 0.507 e. The van der Waals surface area contributed by atoms with Crippen LogP contribution in [0.5, 0.6) is 5.75 Å². The van der Waals surface area contributed by atoms with Crippen molar-refractivity contribution in [1.29, 1.82) is 0 Å². The smallest absolute Gasteiger partial charge is 0.255 e. The summed E-state index contributed by atoms with van der Waals surface area (Å²) < 4.78 is 30.3. The Balaban J connectivity index is 1.33. The molecule has 5 rings (SSSR count). The number of para-hydroxylation sites is 1. The Hall–Kier alpha value is -4.50. The zero-order valence-electron chi connectivity index (χ0n) is 24.9. The molecule has 0 saturated heterocycles. The third-order valence-corrected chi connectivity index (χ3v) is 8.72. The van der Waals surface area contributed by atoms with Crippen molar-refractivity contribution in [3.05, 3.63) is 143 Å². The fourth-order valence-electron chi connectivity index (χ4n) is 5.27. The predicted molar refractivity (Wildman–Crippen MR) is 173 cm³/mol. The van der Waals surface area contributed by atoms with E-state index in [2.05, 4.69) is 32.2 Å². The first-order valence-corrected chi connectivity index (χ1v) is 16.1. The molecule has 0 spiro atoms. The van der Waals surface area contributed by atoms with Gasteiger partial charge in [-0.2, -0.15) is 0 Å². The fraction of sp³-hybridized carbons (Fsp3) is 0.250. The standard InChI is InChI=1S/C36H36F2N4O2S/c37-30-19-17-27(18-20-30)24-28(12-8-9-22-39-35(44)31-14-5-7-16-33(31)43)34-40-41-36(45-25-29-13-4-6-15-32(29)38)42(34)23-21-26-10-2-1-3-11-26/h1-7,10-11,13-20,28,43H,8-9,12,21-25H2,(H,39,44). The number of halogens is 2. The minimum absolute atomic E-state index is 0.0181. The molecule has 0 aliphatic heterocycles. The lowest BCUT2D eigenvalue weighted by Crippen LogP contribution is -2.24. The fourth-order valence-corrected chi connectivity index (χ4v) is 6.23. The average molecular weight is 627 g/mol. The van der Waals surface area contributed by atoms with Gasteiger partial charge < -0.3 is 15.0 Å². The number of amides is 1. The summed E-state index contributed by atoms with van der Waals surface area (Å²) in [6.45, 7) is 1.11. The summed E-state index contributed by atoms with van der Waals surface area (Å²) in [5.74, 6) is 0.355. The first-order valence-electron chi connectivity index (χ1n) is 15.1. The normalized spacial score (nSPS) is 11.8. The molecule has 1 amide bonds. The van der Waals surface area contributed by atoms with Crippen molar-refractivity contribution >= 4 is 17.7 Å². The number of rotatable bonds is 15. The SMILES string of the molecule is O=C(NCCCCC(Cc1ccc(F)cc1)c1nnc(SCc2ccccc2F)n1CCc1ccccc1)c1ccccc1O. The molecule has 6 nitrogen and oxygen atoms in total. The lowest BCUT2D eigenvalue weighted by molar-refractivity contribution is 0.0950. The monoisotopic (exact) mass is 626 g/mol. The van der Waals surface area contributed by atoms with Gasteiger partial charge in [-0.15, -0.1) is 10.2 Å². The molecule has 2 N–H and O–H groups in total. The topological polar surface area (TPSA) is 80.0 Å². The molecule has 232 valence electrons.